The Balaban J connectivity index is 1.77. The van der Waals surface area contributed by atoms with Crippen molar-refractivity contribution in [2.45, 2.75) is 17.4 Å². The predicted octanol–water partition coefficient (Wildman–Crippen LogP) is 0.799. The molecule has 1 aliphatic rings. The van der Waals surface area contributed by atoms with Crippen LogP contribution in [0.5, 0.6) is 0 Å². The second-order valence-electron chi connectivity index (χ2n) is 5.94. The van der Waals surface area contributed by atoms with Crippen LogP contribution in [-0.4, -0.2) is 45.3 Å². The molecule has 1 atom stereocenters. The number of sulfonamides is 1. The van der Waals surface area contributed by atoms with Gasteiger partial charge in [-0.25, -0.2) is 21.6 Å². The van der Waals surface area contributed by atoms with Gasteiger partial charge in [-0.2, -0.15) is 0 Å². The van der Waals surface area contributed by atoms with Crippen molar-refractivity contribution < 1.29 is 21.6 Å². The molecule has 3 rings (SSSR count). The van der Waals surface area contributed by atoms with E-state index >= 15 is 0 Å². The molecule has 10 heteroatoms. The number of benzene rings is 1. The van der Waals surface area contributed by atoms with Gasteiger partial charge in [-0.3, -0.25) is 9.78 Å². The molecule has 1 aromatic heterocycles. The number of hydrogen-bond donors (Lipinski definition) is 2. The minimum atomic E-state index is -3.93. The van der Waals surface area contributed by atoms with E-state index in [1.54, 1.807) is 18.3 Å². The highest BCUT2D eigenvalue weighted by Crippen LogP contribution is 2.17. The van der Waals surface area contributed by atoms with Crippen LogP contribution < -0.4 is 10.0 Å². The van der Waals surface area contributed by atoms with Crippen LogP contribution in [0.1, 0.15) is 16.8 Å². The Morgan fingerprint density at radius 3 is 2.65 bits per heavy atom. The van der Waals surface area contributed by atoms with Gasteiger partial charge in [0, 0.05) is 17.8 Å². The zero-order valence-electron chi connectivity index (χ0n) is 13.6. The molecule has 2 N–H and O–H groups in total. The second-order valence-corrected chi connectivity index (χ2v) is 9.89. The Kier molecular flexibility index (Phi) is 5.08. The zero-order chi connectivity index (χ0) is 18.8. The number of nitrogens with one attached hydrogen (secondary N) is 2. The molecule has 1 fully saturated rings. The van der Waals surface area contributed by atoms with Crippen LogP contribution in [0.15, 0.2) is 53.7 Å². The maximum atomic E-state index is 12.5. The van der Waals surface area contributed by atoms with Gasteiger partial charge >= 0.3 is 0 Å². The van der Waals surface area contributed by atoms with E-state index in [1.807, 2.05) is 0 Å². The molecule has 1 aromatic carbocycles. The lowest BCUT2D eigenvalue weighted by molar-refractivity contribution is 0.102. The summed E-state index contributed by atoms with van der Waals surface area (Å²) in [6, 6.07) is 8.22. The lowest BCUT2D eigenvalue weighted by Crippen LogP contribution is -2.35. The van der Waals surface area contributed by atoms with E-state index in [-0.39, 0.29) is 28.4 Å². The molecule has 0 radical (unpaired) electrons. The van der Waals surface area contributed by atoms with Gasteiger partial charge < -0.3 is 5.32 Å². The Labute approximate surface area is 151 Å². The number of carbonyl (C=O) groups excluding carboxylic acids is 1. The fourth-order valence-electron chi connectivity index (χ4n) is 2.62. The van der Waals surface area contributed by atoms with Gasteiger partial charge in [-0.15, -0.1) is 0 Å². The number of carbonyl (C=O) groups is 1. The largest absolute Gasteiger partial charge is 0.321 e. The summed E-state index contributed by atoms with van der Waals surface area (Å²) < 4.78 is 50.3. The predicted molar refractivity (Wildman–Crippen MR) is 96.0 cm³/mol. The Hall–Kier alpha value is -2.30. The minimum absolute atomic E-state index is 0.0340. The molecule has 138 valence electrons. The number of sulfone groups is 1. The fraction of sp³-hybridized carbons (Fsp3) is 0.250. The lowest BCUT2D eigenvalue weighted by Gasteiger charge is -2.12. The van der Waals surface area contributed by atoms with Gasteiger partial charge in [0.15, 0.2) is 9.84 Å². The number of pyridine rings is 1. The molecule has 1 unspecified atom stereocenters. The van der Waals surface area contributed by atoms with Gasteiger partial charge in [-0.1, -0.05) is 6.07 Å². The van der Waals surface area contributed by atoms with Crippen molar-refractivity contribution in [3.8, 4) is 0 Å². The zero-order valence-corrected chi connectivity index (χ0v) is 15.3. The van der Waals surface area contributed by atoms with Crippen molar-refractivity contribution in [3.05, 3.63) is 54.4 Å². The van der Waals surface area contributed by atoms with Gasteiger partial charge in [0.05, 0.1) is 28.3 Å². The highest BCUT2D eigenvalue weighted by atomic mass is 32.2. The normalized spacial score (nSPS) is 19.2. The summed E-state index contributed by atoms with van der Waals surface area (Å²) >= 11 is 0. The van der Waals surface area contributed by atoms with Crippen LogP contribution in [0.2, 0.25) is 0 Å². The summed E-state index contributed by atoms with van der Waals surface area (Å²) in [4.78, 5) is 16.1. The molecule has 0 spiro atoms. The van der Waals surface area contributed by atoms with E-state index in [1.165, 1.54) is 30.5 Å². The van der Waals surface area contributed by atoms with Crippen molar-refractivity contribution in [3.63, 3.8) is 0 Å². The number of anilines is 1. The Morgan fingerprint density at radius 2 is 2.00 bits per heavy atom. The number of amides is 1. The number of hydrogen-bond acceptors (Lipinski definition) is 6. The standard InChI is InChI=1S/C16H17N3O5S2/c20-16(18-13-4-2-7-17-10-13)12-3-1-5-15(9-12)26(23,24)19-14-6-8-25(21,22)11-14/h1-5,7,9-10,14,19H,6,8,11H2,(H,18,20). The highest BCUT2D eigenvalue weighted by molar-refractivity contribution is 7.92. The van der Waals surface area contributed by atoms with E-state index in [0.717, 1.165) is 0 Å². The lowest BCUT2D eigenvalue weighted by atomic mass is 10.2. The quantitative estimate of drug-likeness (QED) is 0.772. The fourth-order valence-corrected chi connectivity index (χ4v) is 5.71. The monoisotopic (exact) mass is 395 g/mol. The Bertz CT molecular complexity index is 1020. The minimum Gasteiger partial charge on any atom is -0.321 e. The molecule has 0 aliphatic carbocycles. The average molecular weight is 395 g/mol. The number of nitrogens with zero attached hydrogens (tertiary/aromatic N) is 1. The molecule has 0 saturated carbocycles. The van der Waals surface area contributed by atoms with Gasteiger partial charge in [0.1, 0.15) is 0 Å². The van der Waals surface area contributed by atoms with Crippen LogP contribution >= 0.6 is 0 Å². The number of rotatable bonds is 5. The van der Waals surface area contributed by atoms with Crippen molar-refractivity contribution in [2.75, 3.05) is 16.8 Å². The molecule has 1 saturated heterocycles. The third-order valence-electron chi connectivity index (χ3n) is 3.88. The van der Waals surface area contributed by atoms with E-state index in [0.29, 0.717) is 5.69 Å². The van der Waals surface area contributed by atoms with E-state index in [4.69, 9.17) is 0 Å². The number of aromatic nitrogens is 1. The van der Waals surface area contributed by atoms with Crippen molar-refractivity contribution >= 4 is 31.5 Å². The first kappa shape index (κ1) is 18.5. The van der Waals surface area contributed by atoms with Crippen LogP contribution in [0, 0.1) is 0 Å². The summed E-state index contributed by atoms with van der Waals surface area (Å²) in [5.74, 6) is -0.722. The third kappa shape index (κ3) is 4.45. The van der Waals surface area contributed by atoms with E-state index < -0.39 is 31.8 Å². The Morgan fingerprint density at radius 1 is 1.19 bits per heavy atom. The SMILES string of the molecule is O=C(Nc1cccnc1)c1cccc(S(=O)(=O)NC2CCS(=O)(=O)C2)c1. The molecule has 0 bridgehead atoms. The first-order valence-electron chi connectivity index (χ1n) is 7.79. The topological polar surface area (TPSA) is 122 Å². The molecule has 26 heavy (non-hydrogen) atoms. The van der Waals surface area contributed by atoms with Gasteiger partial charge in [-0.05, 0) is 36.8 Å². The first-order chi connectivity index (χ1) is 12.3. The summed E-state index contributed by atoms with van der Waals surface area (Å²) in [6.07, 6.45) is 3.28. The second kappa shape index (κ2) is 7.14. The summed E-state index contributed by atoms with van der Waals surface area (Å²) in [5.41, 5.74) is 0.649. The van der Waals surface area contributed by atoms with Crippen LogP contribution in [-0.2, 0) is 19.9 Å². The summed E-state index contributed by atoms with van der Waals surface area (Å²) in [5, 5.41) is 2.62. The van der Waals surface area contributed by atoms with E-state index in [9.17, 15) is 21.6 Å². The molecule has 2 aromatic rings. The molecular weight excluding hydrogens is 378 g/mol. The smallest absolute Gasteiger partial charge is 0.255 e. The van der Waals surface area contributed by atoms with Crippen molar-refractivity contribution in [1.29, 1.82) is 0 Å². The van der Waals surface area contributed by atoms with Gasteiger partial charge in [0.25, 0.3) is 5.91 Å². The average Bonchev–Trinajstić information content (AvgIpc) is 2.93. The summed E-state index contributed by atoms with van der Waals surface area (Å²) in [7, 11) is -7.13. The third-order valence-corrected chi connectivity index (χ3v) is 7.17. The summed E-state index contributed by atoms with van der Waals surface area (Å²) in [6.45, 7) is 0. The molecule has 1 aliphatic heterocycles. The maximum Gasteiger partial charge on any atom is 0.255 e. The van der Waals surface area contributed by atoms with E-state index in [2.05, 4.69) is 15.0 Å². The molecular formula is C16H17N3O5S2. The maximum absolute atomic E-state index is 12.5. The van der Waals surface area contributed by atoms with Crippen LogP contribution in [0.25, 0.3) is 0 Å². The molecule has 1 amide bonds. The highest BCUT2D eigenvalue weighted by Gasteiger charge is 2.31. The molecule has 8 nitrogen and oxygen atoms in total. The van der Waals surface area contributed by atoms with Crippen molar-refractivity contribution in [2.24, 2.45) is 0 Å². The van der Waals surface area contributed by atoms with Gasteiger partial charge in [0.2, 0.25) is 10.0 Å². The van der Waals surface area contributed by atoms with Crippen LogP contribution in [0.3, 0.4) is 0 Å². The molecule has 2 heterocycles. The van der Waals surface area contributed by atoms with Crippen molar-refractivity contribution in [1.82, 2.24) is 9.71 Å². The first-order valence-corrected chi connectivity index (χ1v) is 11.1. The van der Waals surface area contributed by atoms with Crippen LogP contribution in [0.4, 0.5) is 5.69 Å².